The number of fused-ring (bicyclic) bond motifs is 1. The molecule has 5 N–H and O–H groups in total. The van der Waals surface area contributed by atoms with E-state index in [0.717, 1.165) is 16.7 Å². The number of halogens is 3. The maximum absolute atomic E-state index is 14.2. The highest BCUT2D eigenvalue weighted by molar-refractivity contribution is 6.35. The van der Waals surface area contributed by atoms with Crippen LogP contribution in [0.5, 0.6) is 0 Å². The molecule has 0 fully saturated rings. The van der Waals surface area contributed by atoms with Crippen LogP contribution in [0.15, 0.2) is 59.9 Å². The van der Waals surface area contributed by atoms with Crippen molar-refractivity contribution in [2.45, 2.75) is 13.0 Å². The number of rotatable bonds is 4. The van der Waals surface area contributed by atoms with Crippen LogP contribution in [0.25, 0.3) is 16.6 Å². The zero-order valence-corrected chi connectivity index (χ0v) is 20.9. The van der Waals surface area contributed by atoms with Crippen LogP contribution in [-0.4, -0.2) is 29.5 Å². The molecule has 1 atom stereocenters. The Hall–Kier alpha value is -5.15. The van der Waals surface area contributed by atoms with E-state index in [0.29, 0.717) is 17.3 Å². The summed E-state index contributed by atoms with van der Waals surface area (Å²) in [6, 6.07) is 6.79. The van der Waals surface area contributed by atoms with Gasteiger partial charge >= 0.3 is 0 Å². The van der Waals surface area contributed by atoms with Crippen molar-refractivity contribution in [1.29, 1.82) is 0 Å². The van der Waals surface area contributed by atoms with Crippen molar-refractivity contribution in [2.75, 3.05) is 16.8 Å². The lowest BCUT2D eigenvalue weighted by Gasteiger charge is -2.21. The number of hydrogen-bond acceptors (Lipinski definition) is 9. The summed E-state index contributed by atoms with van der Waals surface area (Å²) in [7, 11) is 0. The molecule has 1 unspecified atom stereocenters. The molecule has 39 heavy (non-hydrogen) atoms. The Morgan fingerprint density at radius 1 is 1.03 bits per heavy atom. The molecule has 3 aromatic heterocycles. The molecular weight excluding hydrogens is 528 g/mol. The van der Waals surface area contributed by atoms with Crippen LogP contribution in [0.3, 0.4) is 0 Å². The zero-order valence-electron chi connectivity index (χ0n) is 20.2. The van der Waals surface area contributed by atoms with Gasteiger partial charge in [-0.1, -0.05) is 23.6 Å². The van der Waals surface area contributed by atoms with E-state index in [9.17, 15) is 13.6 Å². The fourth-order valence-electron chi connectivity index (χ4n) is 3.84. The highest BCUT2D eigenvalue weighted by Crippen LogP contribution is 2.26. The average molecular weight is 546 g/mol. The van der Waals surface area contributed by atoms with E-state index in [-0.39, 0.29) is 44.9 Å². The highest BCUT2D eigenvalue weighted by atomic mass is 35.5. The summed E-state index contributed by atoms with van der Waals surface area (Å²) in [4.78, 5) is 34.5. The van der Waals surface area contributed by atoms with Gasteiger partial charge in [-0.15, -0.1) is 0 Å². The van der Waals surface area contributed by atoms with Crippen molar-refractivity contribution >= 4 is 39.8 Å². The normalized spacial score (nSPS) is 11.6. The van der Waals surface area contributed by atoms with Gasteiger partial charge in [-0.3, -0.25) is 9.36 Å². The number of nitrogen functional groups attached to an aromatic ring is 2. The first-order valence-corrected chi connectivity index (χ1v) is 11.7. The van der Waals surface area contributed by atoms with Crippen LogP contribution in [0.2, 0.25) is 5.02 Å². The molecular formula is C26H18ClF2N9O. The molecule has 13 heteroatoms. The number of nitrogens with one attached hydrogen (secondary N) is 1. The molecule has 10 nitrogen and oxygen atoms in total. The average Bonchev–Trinajstić information content (AvgIpc) is 2.88. The second-order valence-electron chi connectivity index (χ2n) is 8.31. The Kier molecular flexibility index (Phi) is 6.74. The molecule has 0 aliphatic carbocycles. The third kappa shape index (κ3) is 5.16. The molecule has 0 spiro atoms. The van der Waals surface area contributed by atoms with Gasteiger partial charge < -0.3 is 16.8 Å². The number of nitrogens with two attached hydrogens (primary N) is 2. The first-order chi connectivity index (χ1) is 18.7. The van der Waals surface area contributed by atoms with E-state index in [2.05, 4.69) is 42.1 Å². The van der Waals surface area contributed by atoms with Gasteiger partial charge in [0.2, 0.25) is 5.82 Å². The number of hydrogen-bond donors (Lipinski definition) is 3. The first-order valence-electron chi connectivity index (χ1n) is 11.4. The summed E-state index contributed by atoms with van der Waals surface area (Å²) in [6.45, 7) is 1.68. The molecule has 194 valence electrons. The summed E-state index contributed by atoms with van der Waals surface area (Å²) in [6.07, 6.45) is 4.06. The van der Waals surface area contributed by atoms with E-state index in [1.165, 1.54) is 24.8 Å². The molecule has 0 aliphatic heterocycles. The molecule has 0 bridgehead atoms. The van der Waals surface area contributed by atoms with Crippen molar-refractivity contribution in [3.05, 3.63) is 99.3 Å². The fraction of sp³-hybridized carbons (Fsp3) is 0.0769. The zero-order chi connectivity index (χ0) is 27.7. The van der Waals surface area contributed by atoms with Crippen LogP contribution >= 0.6 is 11.6 Å². The smallest absolute Gasteiger partial charge is 0.267 e. The van der Waals surface area contributed by atoms with Gasteiger partial charge in [-0.25, -0.2) is 33.7 Å². The molecule has 0 radical (unpaired) electrons. The molecule has 3 heterocycles. The molecule has 0 amide bonds. The Balaban J connectivity index is 1.64. The Morgan fingerprint density at radius 2 is 1.74 bits per heavy atom. The summed E-state index contributed by atoms with van der Waals surface area (Å²) in [5, 5.41) is 3.37. The monoisotopic (exact) mass is 545 g/mol. The van der Waals surface area contributed by atoms with Gasteiger partial charge in [0.25, 0.3) is 5.56 Å². The van der Waals surface area contributed by atoms with E-state index in [4.69, 9.17) is 23.1 Å². The minimum absolute atomic E-state index is 0.0711. The van der Waals surface area contributed by atoms with Crippen molar-refractivity contribution in [3.8, 4) is 17.5 Å². The van der Waals surface area contributed by atoms with Crippen molar-refractivity contribution in [1.82, 2.24) is 29.5 Å². The van der Waals surface area contributed by atoms with Gasteiger partial charge in [-0.2, -0.15) is 0 Å². The van der Waals surface area contributed by atoms with Crippen molar-refractivity contribution in [3.63, 3.8) is 0 Å². The Labute approximate surface area is 224 Å². The van der Waals surface area contributed by atoms with Crippen LogP contribution in [0.4, 0.5) is 26.1 Å². The van der Waals surface area contributed by atoms with Crippen LogP contribution in [0.1, 0.15) is 30.2 Å². The Morgan fingerprint density at radius 3 is 2.46 bits per heavy atom. The predicted molar refractivity (Wildman–Crippen MR) is 143 cm³/mol. The Bertz CT molecular complexity index is 1830. The highest BCUT2D eigenvalue weighted by Gasteiger charge is 2.22. The van der Waals surface area contributed by atoms with E-state index in [1.54, 1.807) is 19.1 Å². The standard InChI is InChI=1S/C26H18ClF2N9O/c1-13(36-24-18(23(31)34-12-35-24)5-6-21-32-10-16(30)11-33-21)25-37-20-4-2-3-19(27)22(20)26(39)38(25)17-8-14(28)7-15(29)9-17/h2-4,7-13H,30H2,1H3,(H3,31,34,35,36). The van der Waals surface area contributed by atoms with Gasteiger partial charge in [0.05, 0.1) is 45.7 Å². The summed E-state index contributed by atoms with van der Waals surface area (Å²) < 4.78 is 29.5. The topological polar surface area (TPSA) is 151 Å². The summed E-state index contributed by atoms with van der Waals surface area (Å²) >= 11 is 6.30. The molecule has 5 aromatic rings. The van der Waals surface area contributed by atoms with Gasteiger partial charge in [0.1, 0.15) is 41.0 Å². The molecule has 2 aromatic carbocycles. The molecule has 0 aliphatic rings. The van der Waals surface area contributed by atoms with Crippen LogP contribution in [0, 0.1) is 23.5 Å². The largest absolute Gasteiger partial charge is 0.396 e. The summed E-state index contributed by atoms with van der Waals surface area (Å²) in [5.74, 6) is 4.50. The molecule has 5 rings (SSSR count). The van der Waals surface area contributed by atoms with Crippen LogP contribution < -0.4 is 22.3 Å². The van der Waals surface area contributed by atoms with Crippen molar-refractivity contribution < 1.29 is 8.78 Å². The number of nitrogens with zero attached hydrogens (tertiary/aromatic N) is 6. The van der Waals surface area contributed by atoms with Crippen LogP contribution in [-0.2, 0) is 0 Å². The number of anilines is 3. The minimum atomic E-state index is -0.867. The SMILES string of the molecule is CC(Nc1ncnc(N)c1C#Cc1ncc(N)cn1)c1nc2cccc(Cl)c2c(=O)n1-c1cc(F)cc(F)c1. The second kappa shape index (κ2) is 10.3. The quantitative estimate of drug-likeness (QED) is 0.287. The van der Waals surface area contributed by atoms with E-state index < -0.39 is 23.2 Å². The first kappa shape index (κ1) is 25.5. The van der Waals surface area contributed by atoms with Gasteiger partial charge in [0, 0.05) is 6.07 Å². The van der Waals surface area contributed by atoms with Gasteiger partial charge in [-0.05, 0) is 37.1 Å². The van der Waals surface area contributed by atoms with E-state index >= 15 is 0 Å². The van der Waals surface area contributed by atoms with Crippen molar-refractivity contribution in [2.24, 2.45) is 0 Å². The summed E-state index contributed by atoms with van der Waals surface area (Å²) in [5.41, 5.74) is 11.9. The lowest BCUT2D eigenvalue weighted by Crippen LogP contribution is -2.28. The second-order valence-corrected chi connectivity index (χ2v) is 8.72. The number of benzene rings is 2. The van der Waals surface area contributed by atoms with E-state index in [1.807, 2.05) is 0 Å². The third-order valence-electron chi connectivity index (χ3n) is 5.57. The lowest BCUT2D eigenvalue weighted by atomic mass is 10.2. The fourth-order valence-corrected chi connectivity index (χ4v) is 4.09. The third-order valence-corrected chi connectivity index (χ3v) is 5.88. The van der Waals surface area contributed by atoms with Gasteiger partial charge in [0.15, 0.2) is 0 Å². The lowest BCUT2D eigenvalue weighted by molar-refractivity contribution is 0.579. The molecule has 0 saturated carbocycles. The number of aromatic nitrogens is 6. The molecule has 0 saturated heterocycles. The maximum atomic E-state index is 14.2. The predicted octanol–water partition coefficient (Wildman–Crippen LogP) is 3.63. The maximum Gasteiger partial charge on any atom is 0.267 e. The minimum Gasteiger partial charge on any atom is -0.396 e.